The largest absolute Gasteiger partial charge is 0.379 e. The van der Waals surface area contributed by atoms with E-state index in [1.807, 2.05) is 0 Å². The van der Waals surface area contributed by atoms with Gasteiger partial charge in [0.25, 0.3) is 0 Å². The Hall–Kier alpha value is -0.410. The van der Waals surface area contributed by atoms with Gasteiger partial charge in [-0.25, -0.2) is 0 Å². The molecule has 0 N–H and O–H groups in total. The zero-order chi connectivity index (χ0) is 12.1. The summed E-state index contributed by atoms with van der Waals surface area (Å²) in [6, 6.07) is 1.13. The van der Waals surface area contributed by atoms with E-state index in [9.17, 15) is 4.79 Å². The summed E-state index contributed by atoms with van der Waals surface area (Å²) in [6.07, 6.45) is 1.77. The molecule has 0 aromatic heterocycles. The summed E-state index contributed by atoms with van der Waals surface area (Å²) >= 11 is 0. The molecule has 1 rings (SSSR count). The molecule has 0 bridgehead atoms. The summed E-state index contributed by atoms with van der Waals surface area (Å²) in [5, 5.41) is 0. The molecule has 2 atom stereocenters. The molecule has 0 aromatic rings. The molecule has 16 heavy (non-hydrogen) atoms. The number of nitrogens with zero attached hydrogens (tertiary/aromatic N) is 1. The standard InChI is InChI=1S/C13H25NO2/c1-10(2)14-8-11(3)7-13(14)9-16-6-5-12(4)15/h10-11,13H,5-9H2,1-4H3/t11-,13+/m1/s1. The second-order valence-corrected chi connectivity index (χ2v) is 5.31. The molecule has 3 nitrogen and oxygen atoms in total. The van der Waals surface area contributed by atoms with E-state index in [0.29, 0.717) is 25.1 Å². The van der Waals surface area contributed by atoms with Crippen LogP contribution in [0.3, 0.4) is 0 Å². The predicted molar refractivity (Wildman–Crippen MR) is 65.5 cm³/mol. The van der Waals surface area contributed by atoms with Crippen LogP contribution in [0.15, 0.2) is 0 Å². The van der Waals surface area contributed by atoms with E-state index in [2.05, 4.69) is 25.7 Å². The summed E-state index contributed by atoms with van der Waals surface area (Å²) in [5.41, 5.74) is 0. The first-order chi connectivity index (χ1) is 7.50. The average molecular weight is 227 g/mol. The Labute approximate surface area is 99.1 Å². The maximum atomic E-state index is 10.8. The van der Waals surface area contributed by atoms with Crippen molar-refractivity contribution in [2.75, 3.05) is 19.8 Å². The van der Waals surface area contributed by atoms with E-state index in [4.69, 9.17) is 4.74 Å². The number of carbonyl (C=O) groups excluding carboxylic acids is 1. The minimum atomic E-state index is 0.209. The molecule has 94 valence electrons. The van der Waals surface area contributed by atoms with Crippen LogP contribution in [0.25, 0.3) is 0 Å². The summed E-state index contributed by atoms with van der Waals surface area (Å²) < 4.78 is 5.59. The lowest BCUT2D eigenvalue weighted by Crippen LogP contribution is -2.38. The molecule has 0 aliphatic carbocycles. The van der Waals surface area contributed by atoms with E-state index >= 15 is 0 Å². The minimum absolute atomic E-state index is 0.209. The first-order valence-electron chi connectivity index (χ1n) is 6.33. The molecule has 0 aromatic carbocycles. The first kappa shape index (κ1) is 13.7. The SMILES string of the molecule is CC(=O)CCOC[C@@H]1C[C@@H](C)CN1C(C)C. The van der Waals surface area contributed by atoms with Gasteiger partial charge in [0.05, 0.1) is 13.2 Å². The Balaban J connectivity index is 2.26. The average Bonchev–Trinajstić information content (AvgIpc) is 2.54. The van der Waals surface area contributed by atoms with Gasteiger partial charge in [-0.1, -0.05) is 6.92 Å². The van der Waals surface area contributed by atoms with E-state index < -0.39 is 0 Å². The fraction of sp³-hybridized carbons (Fsp3) is 0.923. The zero-order valence-electron chi connectivity index (χ0n) is 11.0. The molecule has 1 saturated heterocycles. The van der Waals surface area contributed by atoms with Gasteiger partial charge >= 0.3 is 0 Å². The molecule has 0 spiro atoms. The molecule has 3 heteroatoms. The van der Waals surface area contributed by atoms with Crippen molar-refractivity contribution >= 4 is 5.78 Å². The normalized spacial score (nSPS) is 26.6. The molecule has 1 aliphatic heterocycles. The number of Topliss-reactive ketones (excluding diaryl/α,β-unsaturated/α-hetero) is 1. The zero-order valence-corrected chi connectivity index (χ0v) is 11.0. The molecule has 0 saturated carbocycles. The van der Waals surface area contributed by atoms with Gasteiger partial charge in [0.15, 0.2) is 0 Å². The van der Waals surface area contributed by atoms with Crippen LogP contribution in [0.2, 0.25) is 0 Å². The number of hydrogen-bond acceptors (Lipinski definition) is 3. The van der Waals surface area contributed by atoms with Crippen LogP contribution in [-0.4, -0.2) is 42.5 Å². The van der Waals surface area contributed by atoms with Crippen molar-refractivity contribution in [3.05, 3.63) is 0 Å². The van der Waals surface area contributed by atoms with Crippen LogP contribution in [0.1, 0.15) is 40.5 Å². The third kappa shape index (κ3) is 4.22. The van der Waals surface area contributed by atoms with Gasteiger partial charge in [-0.3, -0.25) is 9.69 Å². The molecule has 0 radical (unpaired) electrons. The first-order valence-corrected chi connectivity index (χ1v) is 6.33. The number of ketones is 1. The van der Waals surface area contributed by atoms with Crippen LogP contribution in [0.5, 0.6) is 0 Å². The van der Waals surface area contributed by atoms with Crippen molar-refractivity contribution in [1.29, 1.82) is 0 Å². The lowest BCUT2D eigenvalue weighted by Gasteiger charge is -2.28. The highest BCUT2D eigenvalue weighted by Crippen LogP contribution is 2.24. The lowest BCUT2D eigenvalue weighted by molar-refractivity contribution is -0.118. The number of likely N-dealkylation sites (tertiary alicyclic amines) is 1. The van der Waals surface area contributed by atoms with E-state index in [1.165, 1.54) is 13.0 Å². The fourth-order valence-corrected chi connectivity index (χ4v) is 2.41. The summed E-state index contributed by atoms with van der Waals surface area (Å²) in [7, 11) is 0. The quantitative estimate of drug-likeness (QED) is 0.651. The Morgan fingerprint density at radius 3 is 2.75 bits per heavy atom. The van der Waals surface area contributed by atoms with Crippen molar-refractivity contribution in [3.8, 4) is 0 Å². The topological polar surface area (TPSA) is 29.5 Å². The molecule has 1 fully saturated rings. The third-order valence-electron chi connectivity index (χ3n) is 3.24. The second kappa shape index (κ2) is 6.36. The van der Waals surface area contributed by atoms with Crippen LogP contribution < -0.4 is 0 Å². The maximum Gasteiger partial charge on any atom is 0.132 e. The molecule has 0 unspecified atom stereocenters. The Bertz CT molecular complexity index is 228. The van der Waals surface area contributed by atoms with Gasteiger partial charge in [0.1, 0.15) is 5.78 Å². The van der Waals surface area contributed by atoms with Gasteiger partial charge < -0.3 is 4.74 Å². The second-order valence-electron chi connectivity index (χ2n) is 5.31. The van der Waals surface area contributed by atoms with Gasteiger partial charge in [0.2, 0.25) is 0 Å². The van der Waals surface area contributed by atoms with Gasteiger partial charge in [0, 0.05) is 25.0 Å². The van der Waals surface area contributed by atoms with Crippen LogP contribution in [0, 0.1) is 5.92 Å². The van der Waals surface area contributed by atoms with Crippen molar-refractivity contribution in [2.45, 2.75) is 52.6 Å². The fourth-order valence-electron chi connectivity index (χ4n) is 2.41. The Morgan fingerprint density at radius 1 is 1.50 bits per heavy atom. The van der Waals surface area contributed by atoms with E-state index in [1.54, 1.807) is 6.92 Å². The highest BCUT2D eigenvalue weighted by atomic mass is 16.5. The highest BCUT2D eigenvalue weighted by Gasteiger charge is 2.30. The molecule has 1 aliphatic rings. The van der Waals surface area contributed by atoms with Crippen molar-refractivity contribution in [1.82, 2.24) is 4.90 Å². The summed E-state index contributed by atoms with van der Waals surface area (Å²) in [5.74, 6) is 0.976. The number of hydrogen-bond donors (Lipinski definition) is 0. The van der Waals surface area contributed by atoms with Gasteiger partial charge in [-0.2, -0.15) is 0 Å². The van der Waals surface area contributed by atoms with E-state index in [0.717, 1.165) is 12.5 Å². The monoisotopic (exact) mass is 227 g/mol. The lowest BCUT2D eigenvalue weighted by atomic mass is 10.1. The number of carbonyl (C=O) groups is 1. The van der Waals surface area contributed by atoms with Gasteiger partial charge in [-0.05, 0) is 33.1 Å². The summed E-state index contributed by atoms with van der Waals surface area (Å²) in [4.78, 5) is 13.3. The molecule has 0 amide bonds. The third-order valence-corrected chi connectivity index (χ3v) is 3.24. The Morgan fingerprint density at radius 2 is 2.19 bits per heavy atom. The van der Waals surface area contributed by atoms with Crippen LogP contribution >= 0.6 is 0 Å². The van der Waals surface area contributed by atoms with Gasteiger partial charge in [-0.15, -0.1) is 0 Å². The van der Waals surface area contributed by atoms with Crippen LogP contribution in [0.4, 0.5) is 0 Å². The van der Waals surface area contributed by atoms with Crippen molar-refractivity contribution in [3.63, 3.8) is 0 Å². The predicted octanol–water partition coefficient (Wildman–Crippen LogP) is 2.10. The van der Waals surface area contributed by atoms with Crippen LogP contribution in [-0.2, 0) is 9.53 Å². The Kier molecular flexibility index (Phi) is 5.42. The summed E-state index contributed by atoms with van der Waals surface area (Å²) in [6.45, 7) is 10.9. The van der Waals surface area contributed by atoms with Crippen molar-refractivity contribution in [2.24, 2.45) is 5.92 Å². The maximum absolute atomic E-state index is 10.8. The number of rotatable bonds is 6. The van der Waals surface area contributed by atoms with Crippen molar-refractivity contribution < 1.29 is 9.53 Å². The highest BCUT2D eigenvalue weighted by molar-refractivity contribution is 5.75. The molecule has 1 heterocycles. The van der Waals surface area contributed by atoms with E-state index in [-0.39, 0.29) is 5.78 Å². The smallest absolute Gasteiger partial charge is 0.132 e. The molecular formula is C13H25NO2. The minimum Gasteiger partial charge on any atom is -0.379 e. The molecular weight excluding hydrogens is 202 g/mol. The number of ether oxygens (including phenoxy) is 1.